The molecule has 22 heavy (non-hydrogen) atoms. The van der Waals surface area contributed by atoms with Crippen molar-refractivity contribution in [3.8, 4) is 28.4 Å². The Bertz CT molecular complexity index is 666. The molecule has 2 aromatic rings. The number of hydrogen-bond acceptors (Lipinski definition) is 4. The lowest BCUT2D eigenvalue weighted by Gasteiger charge is -2.18. The molecule has 4 nitrogen and oxygen atoms in total. The van der Waals surface area contributed by atoms with E-state index in [4.69, 9.17) is 19.9 Å². The third kappa shape index (κ3) is 3.02. The number of rotatable bonds is 5. The van der Waals surface area contributed by atoms with Crippen LogP contribution in [-0.4, -0.2) is 21.3 Å². The fourth-order valence-electron chi connectivity index (χ4n) is 2.48. The zero-order valence-corrected chi connectivity index (χ0v) is 13.8. The van der Waals surface area contributed by atoms with Gasteiger partial charge in [-0.3, -0.25) is 0 Å². The first-order chi connectivity index (χ1) is 10.5. The molecule has 2 aromatic carbocycles. The fraction of sp³-hybridized carbons (Fsp3) is 0.333. The van der Waals surface area contributed by atoms with Crippen LogP contribution in [-0.2, 0) is 0 Å². The maximum atomic E-state index is 6.05. The summed E-state index contributed by atoms with van der Waals surface area (Å²) in [6, 6.07) is 9.88. The molecular weight excluding hydrogens is 278 g/mol. The Morgan fingerprint density at radius 1 is 0.864 bits per heavy atom. The number of ether oxygens (including phenoxy) is 3. The fourth-order valence-corrected chi connectivity index (χ4v) is 2.48. The smallest absolute Gasteiger partial charge is 0.168 e. The zero-order valence-electron chi connectivity index (χ0n) is 13.8. The molecule has 0 aliphatic heterocycles. The average molecular weight is 301 g/mol. The van der Waals surface area contributed by atoms with Crippen LogP contribution in [0.2, 0.25) is 0 Å². The Morgan fingerprint density at radius 3 is 2.09 bits per heavy atom. The van der Waals surface area contributed by atoms with E-state index in [1.165, 1.54) is 0 Å². The van der Waals surface area contributed by atoms with Gasteiger partial charge in [0.25, 0.3) is 0 Å². The standard InChI is InChI=1S/C18H23NO3/c1-11-6-7-16(20-3)14(8-11)15-9-13(12(2)19)10-17(21-4)18(15)22-5/h6-10,12H,19H2,1-5H3. The summed E-state index contributed by atoms with van der Waals surface area (Å²) in [5, 5.41) is 0. The van der Waals surface area contributed by atoms with E-state index < -0.39 is 0 Å². The molecule has 0 spiro atoms. The molecule has 0 aromatic heterocycles. The maximum absolute atomic E-state index is 6.05. The van der Waals surface area contributed by atoms with E-state index in [1.807, 2.05) is 38.1 Å². The van der Waals surface area contributed by atoms with Crippen LogP contribution >= 0.6 is 0 Å². The van der Waals surface area contributed by atoms with Gasteiger partial charge in [-0.2, -0.15) is 0 Å². The summed E-state index contributed by atoms with van der Waals surface area (Å²) in [6.07, 6.45) is 0. The van der Waals surface area contributed by atoms with Crippen molar-refractivity contribution in [2.45, 2.75) is 19.9 Å². The first-order valence-electron chi connectivity index (χ1n) is 7.18. The molecule has 0 aliphatic rings. The molecule has 0 saturated carbocycles. The monoisotopic (exact) mass is 301 g/mol. The SMILES string of the molecule is COc1ccc(C)cc1-c1cc(C(C)N)cc(OC)c1OC. The highest BCUT2D eigenvalue weighted by Crippen LogP contribution is 2.43. The molecule has 0 amide bonds. The molecule has 0 bridgehead atoms. The maximum Gasteiger partial charge on any atom is 0.168 e. The lowest BCUT2D eigenvalue weighted by Crippen LogP contribution is -2.06. The second kappa shape index (κ2) is 6.71. The predicted octanol–water partition coefficient (Wildman–Crippen LogP) is 3.71. The van der Waals surface area contributed by atoms with E-state index in [2.05, 4.69) is 6.07 Å². The van der Waals surface area contributed by atoms with Crippen molar-refractivity contribution in [2.24, 2.45) is 5.73 Å². The van der Waals surface area contributed by atoms with Crippen molar-refractivity contribution in [1.29, 1.82) is 0 Å². The highest BCUT2D eigenvalue weighted by Gasteiger charge is 2.18. The van der Waals surface area contributed by atoms with E-state index in [1.54, 1.807) is 21.3 Å². The van der Waals surface area contributed by atoms with Gasteiger partial charge in [0.05, 0.1) is 21.3 Å². The van der Waals surface area contributed by atoms with Crippen molar-refractivity contribution in [2.75, 3.05) is 21.3 Å². The lowest BCUT2D eigenvalue weighted by atomic mass is 9.96. The van der Waals surface area contributed by atoms with Gasteiger partial charge < -0.3 is 19.9 Å². The molecular formula is C18H23NO3. The van der Waals surface area contributed by atoms with Gasteiger partial charge in [0.1, 0.15) is 5.75 Å². The molecule has 0 fully saturated rings. The average Bonchev–Trinajstić information content (AvgIpc) is 2.53. The van der Waals surface area contributed by atoms with Gasteiger partial charge in [-0.1, -0.05) is 11.6 Å². The van der Waals surface area contributed by atoms with Gasteiger partial charge in [0, 0.05) is 17.2 Å². The summed E-state index contributed by atoms with van der Waals surface area (Å²) >= 11 is 0. The Kier molecular flexibility index (Phi) is 4.93. The van der Waals surface area contributed by atoms with E-state index >= 15 is 0 Å². The topological polar surface area (TPSA) is 53.7 Å². The molecule has 118 valence electrons. The largest absolute Gasteiger partial charge is 0.496 e. The molecule has 2 N–H and O–H groups in total. The quantitative estimate of drug-likeness (QED) is 0.914. The van der Waals surface area contributed by atoms with Crippen LogP contribution in [0, 0.1) is 6.92 Å². The summed E-state index contributed by atoms with van der Waals surface area (Å²) in [7, 11) is 4.92. The first kappa shape index (κ1) is 16.2. The minimum atomic E-state index is -0.102. The summed E-state index contributed by atoms with van der Waals surface area (Å²) in [5.41, 5.74) is 10.0. The van der Waals surface area contributed by atoms with Gasteiger partial charge in [0.15, 0.2) is 11.5 Å². The normalized spacial score (nSPS) is 11.9. The Balaban J connectivity index is 2.77. The second-order valence-corrected chi connectivity index (χ2v) is 5.30. The summed E-state index contributed by atoms with van der Waals surface area (Å²) < 4.78 is 16.5. The predicted molar refractivity (Wildman–Crippen MR) is 88.9 cm³/mol. The summed E-state index contributed by atoms with van der Waals surface area (Å²) in [6.45, 7) is 3.99. The van der Waals surface area contributed by atoms with Gasteiger partial charge in [-0.15, -0.1) is 0 Å². The molecule has 0 aliphatic carbocycles. The molecule has 2 rings (SSSR count). The molecule has 4 heteroatoms. The Morgan fingerprint density at radius 2 is 1.55 bits per heavy atom. The van der Waals surface area contributed by atoms with Crippen LogP contribution in [0.3, 0.4) is 0 Å². The zero-order chi connectivity index (χ0) is 16.3. The second-order valence-electron chi connectivity index (χ2n) is 5.30. The van der Waals surface area contributed by atoms with Crippen LogP contribution in [0.15, 0.2) is 30.3 Å². The Labute approximate surface area is 131 Å². The third-order valence-electron chi connectivity index (χ3n) is 3.67. The van der Waals surface area contributed by atoms with Crippen molar-refractivity contribution in [3.05, 3.63) is 41.5 Å². The molecule has 0 saturated heterocycles. The highest BCUT2D eigenvalue weighted by molar-refractivity contribution is 5.79. The third-order valence-corrected chi connectivity index (χ3v) is 3.67. The molecule has 1 unspecified atom stereocenters. The van der Waals surface area contributed by atoms with Crippen molar-refractivity contribution < 1.29 is 14.2 Å². The van der Waals surface area contributed by atoms with Crippen LogP contribution in [0.1, 0.15) is 24.1 Å². The van der Waals surface area contributed by atoms with Crippen molar-refractivity contribution in [3.63, 3.8) is 0 Å². The first-order valence-corrected chi connectivity index (χ1v) is 7.18. The van der Waals surface area contributed by atoms with Crippen LogP contribution < -0.4 is 19.9 Å². The summed E-state index contributed by atoms with van der Waals surface area (Å²) in [4.78, 5) is 0. The van der Waals surface area contributed by atoms with Crippen molar-refractivity contribution in [1.82, 2.24) is 0 Å². The summed E-state index contributed by atoms with van der Waals surface area (Å²) in [5.74, 6) is 2.12. The van der Waals surface area contributed by atoms with E-state index in [-0.39, 0.29) is 6.04 Å². The number of nitrogens with two attached hydrogens (primary N) is 1. The molecule has 0 radical (unpaired) electrons. The van der Waals surface area contributed by atoms with Crippen molar-refractivity contribution >= 4 is 0 Å². The van der Waals surface area contributed by atoms with E-state index in [9.17, 15) is 0 Å². The van der Waals surface area contributed by atoms with Crippen LogP contribution in [0.5, 0.6) is 17.2 Å². The van der Waals surface area contributed by atoms with Crippen LogP contribution in [0.4, 0.5) is 0 Å². The van der Waals surface area contributed by atoms with Gasteiger partial charge in [-0.25, -0.2) is 0 Å². The number of hydrogen-bond donors (Lipinski definition) is 1. The van der Waals surface area contributed by atoms with Gasteiger partial charge >= 0.3 is 0 Å². The van der Waals surface area contributed by atoms with Gasteiger partial charge in [0.2, 0.25) is 0 Å². The highest BCUT2D eigenvalue weighted by atomic mass is 16.5. The lowest BCUT2D eigenvalue weighted by molar-refractivity contribution is 0.355. The number of aryl methyl sites for hydroxylation is 1. The Hall–Kier alpha value is -2.20. The number of methoxy groups -OCH3 is 3. The minimum absolute atomic E-state index is 0.102. The van der Waals surface area contributed by atoms with E-state index in [0.29, 0.717) is 11.5 Å². The van der Waals surface area contributed by atoms with E-state index in [0.717, 1.165) is 28.0 Å². The minimum Gasteiger partial charge on any atom is -0.496 e. The number of benzene rings is 2. The molecule has 1 atom stereocenters. The molecule has 0 heterocycles. The van der Waals surface area contributed by atoms with Gasteiger partial charge in [-0.05, 0) is 43.7 Å². The van der Waals surface area contributed by atoms with Crippen LogP contribution in [0.25, 0.3) is 11.1 Å².